The number of nitrogens with zero attached hydrogens (tertiary/aromatic N) is 2. The van der Waals surface area contributed by atoms with E-state index in [1.54, 1.807) is 17.0 Å². The number of carboxylic acid groups (broad SMARTS) is 1. The van der Waals surface area contributed by atoms with E-state index in [4.69, 9.17) is 9.15 Å². The minimum atomic E-state index is -0.953. The summed E-state index contributed by atoms with van der Waals surface area (Å²) in [5.41, 5.74) is 0. The Morgan fingerprint density at radius 3 is 2.65 bits per heavy atom. The molecule has 2 aliphatic rings. The van der Waals surface area contributed by atoms with Gasteiger partial charge in [0.15, 0.2) is 0 Å². The molecule has 126 valence electrons. The summed E-state index contributed by atoms with van der Waals surface area (Å²) < 4.78 is 10.9. The number of aliphatic carboxylic acids is 1. The molecule has 7 nitrogen and oxygen atoms in total. The number of hydrogen-bond donors (Lipinski definition) is 1. The van der Waals surface area contributed by atoms with Gasteiger partial charge < -0.3 is 19.2 Å². The van der Waals surface area contributed by atoms with Crippen LogP contribution < -0.4 is 0 Å². The van der Waals surface area contributed by atoms with Crippen LogP contribution in [-0.2, 0) is 14.3 Å². The molecule has 3 heterocycles. The molecule has 2 saturated heterocycles. The van der Waals surface area contributed by atoms with E-state index >= 15 is 0 Å². The molecule has 2 fully saturated rings. The lowest BCUT2D eigenvalue weighted by Crippen LogP contribution is -2.42. The fourth-order valence-corrected chi connectivity index (χ4v) is 3.31. The van der Waals surface area contributed by atoms with Crippen LogP contribution in [0.4, 0.5) is 0 Å². The van der Waals surface area contributed by atoms with Gasteiger partial charge in [0.25, 0.3) is 0 Å². The Hall–Kier alpha value is -1.86. The molecule has 2 atom stereocenters. The van der Waals surface area contributed by atoms with Gasteiger partial charge in [-0.2, -0.15) is 0 Å². The minimum absolute atomic E-state index is 0.0306. The number of rotatable bonds is 5. The fraction of sp³-hybridized carbons (Fsp3) is 0.625. The molecule has 0 unspecified atom stereocenters. The van der Waals surface area contributed by atoms with Gasteiger partial charge in [-0.25, -0.2) is 0 Å². The zero-order valence-corrected chi connectivity index (χ0v) is 13.2. The van der Waals surface area contributed by atoms with E-state index in [2.05, 4.69) is 4.90 Å². The molecule has 1 aromatic heterocycles. The van der Waals surface area contributed by atoms with Gasteiger partial charge in [-0.05, 0) is 19.1 Å². The third kappa shape index (κ3) is 3.40. The smallest absolute Gasteiger partial charge is 0.309 e. The van der Waals surface area contributed by atoms with Crippen molar-refractivity contribution in [1.29, 1.82) is 0 Å². The van der Waals surface area contributed by atoms with Crippen LogP contribution >= 0.6 is 0 Å². The van der Waals surface area contributed by atoms with Crippen LogP contribution in [0.25, 0.3) is 0 Å². The Bertz CT molecular complexity index is 579. The first-order chi connectivity index (χ1) is 11.1. The van der Waals surface area contributed by atoms with Crippen molar-refractivity contribution in [1.82, 2.24) is 9.80 Å². The average Bonchev–Trinajstić information content (AvgIpc) is 3.09. The van der Waals surface area contributed by atoms with Crippen LogP contribution in [0.1, 0.15) is 24.0 Å². The van der Waals surface area contributed by atoms with Gasteiger partial charge in [0.1, 0.15) is 17.6 Å². The van der Waals surface area contributed by atoms with Crippen molar-refractivity contribution in [2.24, 2.45) is 5.92 Å². The monoisotopic (exact) mass is 322 g/mol. The third-order valence-corrected chi connectivity index (χ3v) is 4.56. The van der Waals surface area contributed by atoms with E-state index in [1.165, 1.54) is 0 Å². The molecule has 1 aromatic rings. The van der Waals surface area contributed by atoms with Gasteiger partial charge in [-0.1, -0.05) is 0 Å². The lowest BCUT2D eigenvalue weighted by molar-refractivity contribution is -0.143. The van der Waals surface area contributed by atoms with Crippen LogP contribution in [-0.4, -0.2) is 66.2 Å². The van der Waals surface area contributed by atoms with Crippen LogP contribution in [0.3, 0.4) is 0 Å². The van der Waals surface area contributed by atoms with E-state index in [9.17, 15) is 14.7 Å². The highest BCUT2D eigenvalue weighted by molar-refractivity contribution is 5.87. The second-order valence-corrected chi connectivity index (χ2v) is 6.08. The molecule has 0 saturated carbocycles. The molecule has 0 radical (unpaired) electrons. The second kappa shape index (κ2) is 6.72. The summed E-state index contributed by atoms with van der Waals surface area (Å²) in [6.45, 7) is 6.13. The summed E-state index contributed by atoms with van der Waals surface area (Å²) in [5.74, 6) is -0.548. The van der Waals surface area contributed by atoms with Gasteiger partial charge in [0.05, 0.1) is 19.1 Å². The van der Waals surface area contributed by atoms with Crippen molar-refractivity contribution in [3.05, 3.63) is 23.7 Å². The molecule has 2 aliphatic heterocycles. The lowest BCUT2D eigenvalue weighted by atomic mass is 9.98. The van der Waals surface area contributed by atoms with E-state index in [1.807, 2.05) is 6.92 Å². The van der Waals surface area contributed by atoms with Gasteiger partial charge in [-0.15, -0.1) is 0 Å². The van der Waals surface area contributed by atoms with E-state index in [-0.39, 0.29) is 12.3 Å². The number of furan rings is 1. The average molecular weight is 322 g/mol. The molecule has 7 heteroatoms. The summed E-state index contributed by atoms with van der Waals surface area (Å²) in [6, 6.07) is 3.06. The number of carbonyl (C=O) groups is 2. The number of likely N-dealkylation sites (tertiary alicyclic amines) is 1. The van der Waals surface area contributed by atoms with Crippen LogP contribution in [0.15, 0.2) is 16.5 Å². The summed E-state index contributed by atoms with van der Waals surface area (Å²) in [4.78, 5) is 27.8. The Kier molecular flexibility index (Phi) is 4.68. The fourth-order valence-electron chi connectivity index (χ4n) is 3.31. The predicted octanol–water partition coefficient (Wildman–Crippen LogP) is 0.894. The third-order valence-electron chi connectivity index (χ3n) is 4.56. The molecule has 0 spiro atoms. The Morgan fingerprint density at radius 1 is 1.30 bits per heavy atom. The number of aryl methyl sites for hydroxylation is 1. The summed E-state index contributed by atoms with van der Waals surface area (Å²) in [5, 5.41) is 9.46. The number of morpholine rings is 1. The van der Waals surface area contributed by atoms with Crippen LogP contribution in [0.2, 0.25) is 0 Å². The summed E-state index contributed by atoms with van der Waals surface area (Å²) >= 11 is 0. The standard InChI is InChI=1S/C16H22N2O5/c1-11-2-3-13(23-11)15-12(16(20)21)10-14(19)18(15)5-4-17-6-8-22-9-7-17/h2-3,12,15H,4-10H2,1H3,(H,20,21)/t12-,15-/m1/s1. The normalized spacial score (nSPS) is 26.0. The van der Waals surface area contributed by atoms with Crippen LogP contribution in [0, 0.1) is 12.8 Å². The number of carbonyl (C=O) groups excluding carboxylic acids is 1. The molecule has 1 amide bonds. The van der Waals surface area contributed by atoms with Gasteiger partial charge in [-0.3, -0.25) is 14.5 Å². The predicted molar refractivity (Wildman–Crippen MR) is 80.9 cm³/mol. The van der Waals surface area contributed by atoms with E-state index in [0.717, 1.165) is 25.4 Å². The zero-order chi connectivity index (χ0) is 16.4. The highest BCUT2D eigenvalue weighted by atomic mass is 16.5. The van der Waals surface area contributed by atoms with Crippen molar-refractivity contribution < 1.29 is 23.8 Å². The number of carboxylic acids is 1. The first-order valence-electron chi connectivity index (χ1n) is 7.95. The van der Waals surface area contributed by atoms with Crippen molar-refractivity contribution in [2.45, 2.75) is 19.4 Å². The first kappa shape index (κ1) is 16.0. The van der Waals surface area contributed by atoms with Crippen molar-refractivity contribution >= 4 is 11.9 Å². The maximum absolute atomic E-state index is 12.3. The van der Waals surface area contributed by atoms with Gasteiger partial charge in [0.2, 0.25) is 5.91 Å². The topological polar surface area (TPSA) is 83.2 Å². The van der Waals surface area contributed by atoms with Crippen molar-refractivity contribution in [3.8, 4) is 0 Å². The molecule has 1 N–H and O–H groups in total. The molecule has 0 bridgehead atoms. The maximum atomic E-state index is 12.3. The summed E-state index contributed by atoms with van der Waals surface area (Å²) in [6.07, 6.45) is 0.0306. The quantitative estimate of drug-likeness (QED) is 0.867. The largest absolute Gasteiger partial charge is 0.481 e. The van der Waals surface area contributed by atoms with Crippen LogP contribution in [0.5, 0.6) is 0 Å². The second-order valence-electron chi connectivity index (χ2n) is 6.08. The lowest BCUT2D eigenvalue weighted by Gasteiger charge is -2.31. The Labute approximate surface area is 134 Å². The molecular formula is C16H22N2O5. The van der Waals surface area contributed by atoms with Crippen molar-refractivity contribution in [3.63, 3.8) is 0 Å². The maximum Gasteiger partial charge on any atom is 0.309 e. The number of amides is 1. The minimum Gasteiger partial charge on any atom is -0.481 e. The SMILES string of the molecule is Cc1ccc([C@H]2[C@H](C(=O)O)CC(=O)N2CCN2CCOCC2)o1. The van der Waals surface area contributed by atoms with Gasteiger partial charge in [0, 0.05) is 32.6 Å². The number of hydrogen-bond acceptors (Lipinski definition) is 5. The highest BCUT2D eigenvalue weighted by Gasteiger charge is 2.46. The van der Waals surface area contributed by atoms with Crippen molar-refractivity contribution in [2.75, 3.05) is 39.4 Å². The molecule has 0 aromatic carbocycles. The van der Waals surface area contributed by atoms with E-state index in [0.29, 0.717) is 25.5 Å². The molecule has 3 rings (SSSR count). The number of ether oxygens (including phenoxy) is 1. The highest BCUT2D eigenvalue weighted by Crippen LogP contribution is 2.38. The molecular weight excluding hydrogens is 300 g/mol. The zero-order valence-electron chi connectivity index (χ0n) is 13.2. The van der Waals surface area contributed by atoms with E-state index < -0.39 is 17.9 Å². The summed E-state index contributed by atoms with van der Waals surface area (Å²) in [7, 11) is 0. The molecule has 0 aliphatic carbocycles. The molecule has 23 heavy (non-hydrogen) atoms. The first-order valence-corrected chi connectivity index (χ1v) is 7.95. The van der Waals surface area contributed by atoms with Gasteiger partial charge >= 0.3 is 5.97 Å². The Balaban J connectivity index is 1.75. The Morgan fingerprint density at radius 2 is 2.04 bits per heavy atom.